The van der Waals surface area contributed by atoms with Crippen LogP contribution >= 0.6 is 15.9 Å². The molecule has 124 valence electrons. The number of nitrogens with one attached hydrogen (secondary N) is 1. The fraction of sp³-hybridized carbons (Fsp3) is 0.263. The maximum Gasteiger partial charge on any atom is 0.249 e. The maximum absolute atomic E-state index is 12.9. The molecule has 0 radical (unpaired) electrons. The van der Waals surface area contributed by atoms with Crippen molar-refractivity contribution in [3.05, 3.63) is 58.6 Å². The van der Waals surface area contributed by atoms with Crippen molar-refractivity contribution in [2.45, 2.75) is 26.3 Å². The Morgan fingerprint density at radius 2 is 2.00 bits per heavy atom. The van der Waals surface area contributed by atoms with E-state index in [1.54, 1.807) is 4.90 Å². The molecule has 4 nitrogen and oxygen atoms in total. The Morgan fingerprint density at radius 1 is 1.29 bits per heavy atom. The molecule has 2 rings (SSSR count). The second-order valence-corrected chi connectivity index (χ2v) is 6.42. The van der Waals surface area contributed by atoms with Crippen LogP contribution in [-0.4, -0.2) is 18.5 Å². The van der Waals surface area contributed by atoms with Crippen molar-refractivity contribution >= 4 is 33.2 Å². The Morgan fingerprint density at radius 3 is 2.62 bits per heavy atom. The van der Waals surface area contributed by atoms with E-state index in [9.17, 15) is 4.79 Å². The highest BCUT2D eigenvalue weighted by Crippen LogP contribution is 2.21. The first-order valence-electron chi connectivity index (χ1n) is 7.79. The number of benzene rings is 2. The molecule has 0 aliphatic rings. The van der Waals surface area contributed by atoms with Crippen LogP contribution in [0.25, 0.3) is 0 Å². The number of para-hydroxylation sites is 1. The highest BCUT2D eigenvalue weighted by atomic mass is 79.9. The maximum atomic E-state index is 12.9. The molecule has 24 heavy (non-hydrogen) atoms. The summed E-state index contributed by atoms with van der Waals surface area (Å²) in [6.45, 7) is 4.22. The normalized spacial score (nSPS) is 11.4. The van der Waals surface area contributed by atoms with Gasteiger partial charge >= 0.3 is 0 Å². The molecule has 0 aliphatic carbocycles. The third-order valence-electron chi connectivity index (χ3n) is 3.69. The summed E-state index contributed by atoms with van der Waals surface area (Å²) in [5, 5.41) is 12.1. The lowest BCUT2D eigenvalue weighted by molar-refractivity contribution is -0.119. The highest BCUT2D eigenvalue weighted by molar-refractivity contribution is 9.10. The van der Waals surface area contributed by atoms with Crippen LogP contribution in [0.4, 0.5) is 11.4 Å². The van der Waals surface area contributed by atoms with Crippen LogP contribution in [0.2, 0.25) is 0 Å². The Bertz CT molecular complexity index is 740. The van der Waals surface area contributed by atoms with Gasteiger partial charge in [-0.3, -0.25) is 4.79 Å². The highest BCUT2D eigenvalue weighted by Gasteiger charge is 2.21. The van der Waals surface area contributed by atoms with Gasteiger partial charge in [-0.05, 0) is 49.7 Å². The molecule has 2 aromatic rings. The van der Waals surface area contributed by atoms with Crippen molar-refractivity contribution in [1.29, 1.82) is 5.26 Å². The van der Waals surface area contributed by atoms with Gasteiger partial charge in [0.1, 0.15) is 6.04 Å². The van der Waals surface area contributed by atoms with Crippen LogP contribution in [0, 0.1) is 18.3 Å². The summed E-state index contributed by atoms with van der Waals surface area (Å²) in [6.07, 6.45) is 0.296. The number of nitrogens with zero attached hydrogens (tertiary/aromatic N) is 2. The Hall–Kier alpha value is -2.32. The third kappa shape index (κ3) is 4.59. The lowest BCUT2D eigenvalue weighted by Crippen LogP contribution is -2.42. The van der Waals surface area contributed by atoms with Gasteiger partial charge in [-0.25, -0.2) is 0 Å². The van der Waals surface area contributed by atoms with Gasteiger partial charge in [0.15, 0.2) is 0 Å². The third-order valence-corrected chi connectivity index (χ3v) is 4.58. The molecule has 1 unspecified atom stereocenters. The number of rotatable bonds is 6. The summed E-state index contributed by atoms with van der Waals surface area (Å²) in [5.74, 6) is -0.0583. The Balaban J connectivity index is 2.15. The van der Waals surface area contributed by atoms with Crippen LogP contribution < -0.4 is 10.2 Å². The number of hydrogen-bond acceptors (Lipinski definition) is 3. The molecule has 1 N–H and O–H groups in total. The van der Waals surface area contributed by atoms with E-state index >= 15 is 0 Å². The summed E-state index contributed by atoms with van der Waals surface area (Å²) in [4.78, 5) is 14.5. The molecule has 2 aromatic carbocycles. The molecule has 0 fully saturated rings. The quantitative estimate of drug-likeness (QED) is 0.795. The molecular formula is C19H20BrN3O. The number of halogens is 1. The lowest BCUT2D eigenvalue weighted by atomic mass is 10.2. The van der Waals surface area contributed by atoms with Crippen molar-refractivity contribution in [2.75, 3.05) is 16.8 Å². The van der Waals surface area contributed by atoms with Crippen LogP contribution in [0.5, 0.6) is 0 Å². The molecule has 0 aromatic heterocycles. The van der Waals surface area contributed by atoms with E-state index < -0.39 is 6.04 Å². The summed E-state index contributed by atoms with van der Waals surface area (Å²) < 4.78 is 1.03. The van der Waals surface area contributed by atoms with Gasteiger partial charge in [0.2, 0.25) is 5.91 Å². The minimum absolute atomic E-state index is 0.0583. The predicted octanol–water partition coefficient (Wildman–Crippen LogP) is 4.50. The monoisotopic (exact) mass is 385 g/mol. The van der Waals surface area contributed by atoms with Gasteiger partial charge in [0, 0.05) is 22.4 Å². The molecular weight excluding hydrogens is 366 g/mol. The van der Waals surface area contributed by atoms with Crippen molar-refractivity contribution in [3.8, 4) is 6.07 Å². The number of hydrogen-bond donors (Lipinski definition) is 1. The lowest BCUT2D eigenvalue weighted by Gasteiger charge is -2.26. The summed E-state index contributed by atoms with van der Waals surface area (Å²) in [6, 6.07) is 17.0. The van der Waals surface area contributed by atoms with Crippen LogP contribution in [0.3, 0.4) is 0 Å². The van der Waals surface area contributed by atoms with Gasteiger partial charge in [0.25, 0.3) is 0 Å². The zero-order chi connectivity index (χ0) is 17.5. The van der Waals surface area contributed by atoms with E-state index in [0.717, 1.165) is 21.4 Å². The summed E-state index contributed by atoms with van der Waals surface area (Å²) in [7, 11) is 0. The number of nitriles is 1. The minimum Gasteiger partial charge on any atom is -0.374 e. The van der Waals surface area contributed by atoms with Gasteiger partial charge in [-0.15, -0.1) is 0 Å². The number of carbonyl (C=O) groups is 1. The SMILES string of the molecule is Cc1cc(NC(C)C(=O)N(CCC#N)c2ccccc2)ccc1Br. The molecule has 1 amide bonds. The largest absolute Gasteiger partial charge is 0.374 e. The first kappa shape index (κ1) is 18.0. The molecule has 0 heterocycles. The zero-order valence-electron chi connectivity index (χ0n) is 13.8. The second kappa shape index (κ2) is 8.51. The molecule has 0 saturated heterocycles. The minimum atomic E-state index is -0.399. The van der Waals surface area contributed by atoms with E-state index in [2.05, 4.69) is 27.3 Å². The Labute approximate surface area is 151 Å². The first-order chi connectivity index (χ1) is 11.5. The zero-order valence-corrected chi connectivity index (χ0v) is 15.4. The molecule has 1 atom stereocenters. The number of carbonyl (C=O) groups excluding carboxylic acids is 1. The van der Waals surface area contributed by atoms with E-state index in [4.69, 9.17) is 5.26 Å². The molecule has 0 spiro atoms. The molecule has 0 aliphatic heterocycles. The average molecular weight is 386 g/mol. The fourth-order valence-electron chi connectivity index (χ4n) is 2.42. The number of anilines is 2. The van der Waals surface area contributed by atoms with E-state index in [1.165, 1.54) is 0 Å². The fourth-order valence-corrected chi connectivity index (χ4v) is 2.66. The molecule has 0 saturated carbocycles. The van der Waals surface area contributed by atoms with Crippen molar-refractivity contribution in [3.63, 3.8) is 0 Å². The van der Waals surface area contributed by atoms with Crippen molar-refractivity contribution in [2.24, 2.45) is 0 Å². The van der Waals surface area contributed by atoms with Gasteiger partial charge in [-0.2, -0.15) is 5.26 Å². The van der Waals surface area contributed by atoms with Crippen LogP contribution in [0.1, 0.15) is 18.9 Å². The van der Waals surface area contributed by atoms with Crippen LogP contribution in [0.15, 0.2) is 53.0 Å². The number of amides is 1. The predicted molar refractivity (Wildman–Crippen MR) is 101 cm³/mol. The smallest absolute Gasteiger partial charge is 0.249 e. The van der Waals surface area contributed by atoms with E-state index in [0.29, 0.717) is 13.0 Å². The van der Waals surface area contributed by atoms with Crippen molar-refractivity contribution in [1.82, 2.24) is 0 Å². The topological polar surface area (TPSA) is 56.1 Å². The summed E-state index contributed by atoms with van der Waals surface area (Å²) in [5.41, 5.74) is 2.80. The molecule has 5 heteroatoms. The van der Waals surface area contributed by atoms with Crippen LogP contribution in [-0.2, 0) is 4.79 Å². The Kier molecular flexibility index (Phi) is 6.39. The standard InChI is InChI=1S/C19H20BrN3O/c1-14-13-16(9-10-18(14)20)22-15(2)19(24)23(12-6-11-21)17-7-4-3-5-8-17/h3-5,7-10,13,15,22H,6,12H2,1-2H3. The van der Waals surface area contributed by atoms with Crippen molar-refractivity contribution < 1.29 is 4.79 Å². The van der Waals surface area contributed by atoms with E-state index in [-0.39, 0.29) is 5.91 Å². The second-order valence-electron chi connectivity index (χ2n) is 5.56. The average Bonchev–Trinajstić information content (AvgIpc) is 2.59. The first-order valence-corrected chi connectivity index (χ1v) is 8.58. The van der Waals surface area contributed by atoms with Gasteiger partial charge in [-0.1, -0.05) is 34.1 Å². The van der Waals surface area contributed by atoms with Gasteiger partial charge < -0.3 is 10.2 Å². The van der Waals surface area contributed by atoms with E-state index in [1.807, 2.05) is 62.4 Å². The molecule has 0 bridgehead atoms. The number of aryl methyl sites for hydroxylation is 1. The summed E-state index contributed by atoms with van der Waals surface area (Å²) >= 11 is 3.47. The van der Waals surface area contributed by atoms with Gasteiger partial charge in [0.05, 0.1) is 12.5 Å².